The summed E-state index contributed by atoms with van der Waals surface area (Å²) in [4.78, 5) is 17.8. The van der Waals surface area contributed by atoms with Crippen LogP contribution >= 0.6 is 23.5 Å². The molecule has 1 amide bonds. The summed E-state index contributed by atoms with van der Waals surface area (Å²) in [6.07, 6.45) is 9.73. The van der Waals surface area contributed by atoms with Gasteiger partial charge in [-0.1, -0.05) is 6.08 Å². The topological polar surface area (TPSA) is 32.7 Å². The molecule has 0 aromatic carbocycles. The fourth-order valence-corrected chi connectivity index (χ4v) is 3.07. The SMILES string of the molecule is CSC(SC)=C1C(=O)N=C2C(C)=CC=CN21. The molecule has 0 saturated heterocycles. The van der Waals surface area contributed by atoms with E-state index in [1.807, 2.05) is 42.7 Å². The average Bonchev–Trinajstić information content (AvgIpc) is 2.60. The van der Waals surface area contributed by atoms with E-state index in [1.165, 1.54) is 0 Å². The molecule has 2 aliphatic heterocycles. The summed E-state index contributed by atoms with van der Waals surface area (Å²) in [5.41, 5.74) is 1.70. The smallest absolute Gasteiger partial charge is 0.295 e. The molecule has 2 heterocycles. The minimum absolute atomic E-state index is 0.145. The molecular weight excluding hydrogens is 240 g/mol. The number of thioether (sulfide) groups is 2. The molecule has 2 aliphatic rings. The van der Waals surface area contributed by atoms with Crippen LogP contribution in [0.2, 0.25) is 0 Å². The largest absolute Gasteiger partial charge is 0.297 e. The maximum absolute atomic E-state index is 11.9. The predicted octanol–water partition coefficient (Wildman–Crippen LogP) is 2.60. The lowest BCUT2D eigenvalue weighted by atomic mass is 10.2. The Bertz CT molecular complexity index is 455. The predicted molar refractivity (Wildman–Crippen MR) is 71.2 cm³/mol. The molecule has 5 heteroatoms. The maximum atomic E-state index is 11.9. The molecule has 0 saturated carbocycles. The Kier molecular flexibility index (Phi) is 3.25. The molecule has 0 spiro atoms. The van der Waals surface area contributed by atoms with E-state index in [4.69, 9.17) is 0 Å². The monoisotopic (exact) mass is 252 g/mol. The Hall–Kier alpha value is -0.940. The van der Waals surface area contributed by atoms with Gasteiger partial charge >= 0.3 is 0 Å². The minimum atomic E-state index is -0.145. The summed E-state index contributed by atoms with van der Waals surface area (Å²) < 4.78 is 1.00. The van der Waals surface area contributed by atoms with Crippen LogP contribution in [0, 0.1) is 0 Å². The van der Waals surface area contributed by atoms with E-state index >= 15 is 0 Å². The normalized spacial score (nSPS) is 18.6. The van der Waals surface area contributed by atoms with Crippen LogP contribution in [0.3, 0.4) is 0 Å². The number of allylic oxidation sites excluding steroid dienone is 2. The van der Waals surface area contributed by atoms with Gasteiger partial charge in [-0.3, -0.25) is 9.69 Å². The molecule has 0 aromatic heterocycles. The molecule has 0 aromatic rings. The summed E-state index contributed by atoms with van der Waals surface area (Å²) >= 11 is 3.16. The van der Waals surface area contributed by atoms with Crippen LogP contribution in [0.15, 0.2) is 38.9 Å². The lowest BCUT2D eigenvalue weighted by molar-refractivity contribution is -0.114. The van der Waals surface area contributed by atoms with Crippen molar-refractivity contribution in [2.24, 2.45) is 4.99 Å². The second kappa shape index (κ2) is 4.51. The van der Waals surface area contributed by atoms with Crippen molar-refractivity contribution in [1.29, 1.82) is 0 Å². The molecule has 0 fully saturated rings. The van der Waals surface area contributed by atoms with Crippen LogP contribution in [-0.4, -0.2) is 29.2 Å². The van der Waals surface area contributed by atoms with Gasteiger partial charge in [-0.2, -0.15) is 4.99 Å². The van der Waals surface area contributed by atoms with Gasteiger partial charge in [0.1, 0.15) is 11.5 Å². The van der Waals surface area contributed by atoms with Gasteiger partial charge in [0.05, 0.1) is 4.24 Å². The number of hydrogen-bond acceptors (Lipinski definition) is 4. The van der Waals surface area contributed by atoms with Crippen LogP contribution in [0.4, 0.5) is 0 Å². The zero-order valence-corrected chi connectivity index (χ0v) is 11.0. The van der Waals surface area contributed by atoms with E-state index in [2.05, 4.69) is 4.99 Å². The van der Waals surface area contributed by atoms with Crippen molar-refractivity contribution in [3.8, 4) is 0 Å². The highest BCUT2D eigenvalue weighted by molar-refractivity contribution is 8.21. The van der Waals surface area contributed by atoms with Crippen LogP contribution in [-0.2, 0) is 4.79 Å². The first kappa shape index (κ1) is 11.5. The Morgan fingerprint density at radius 2 is 2.06 bits per heavy atom. The maximum Gasteiger partial charge on any atom is 0.297 e. The highest BCUT2D eigenvalue weighted by Gasteiger charge is 2.32. The minimum Gasteiger partial charge on any atom is -0.295 e. The highest BCUT2D eigenvalue weighted by atomic mass is 32.2. The van der Waals surface area contributed by atoms with Crippen molar-refractivity contribution in [2.75, 3.05) is 12.5 Å². The van der Waals surface area contributed by atoms with Crippen molar-refractivity contribution in [3.05, 3.63) is 33.9 Å². The first-order valence-electron chi connectivity index (χ1n) is 4.79. The number of fused-ring (bicyclic) bond motifs is 1. The number of rotatable bonds is 2. The molecule has 16 heavy (non-hydrogen) atoms. The van der Waals surface area contributed by atoms with Crippen molar-refractivity contribution in [2.45, 2.75) is 6.92 Å². The van der Waals surface area contributed by atoms with Crippen LogP contribution in [0.5, 0.6) is 0 Å². The fourth-order valence-electron chi connectivity index (χ4n) is 1.65. The Balaban J connectivity index is 2.49. The van der Waals surface area contributed by atoms with Gasteiger partial charge in [0.25, 0.3) is 5.91 Å². The Morgan fingerprint density at radius 3 is 2.69 bits per heavy atom. The molecule has 0 bridgehead atoms. The molecule has 0 atom stereocenters. The van der Waals surface area contributed by atoms with Crippen LogP contribution < -0.4 is 0 Å². The second-order valence-corrected chi connectivity index (χ2v) is 5.24. The third kappa shape index (κ3) is 1.74. The summed E-state index contributed by atoms with van der Waals surface area (Å²) in [7, 11) is 0. The van der Waals surface area contributed by atoms with Gasteiger partial charge in [0, 0.05) is 6.20 Å². The van der Waals surface area contributed by atoms with E-state index in [0.29, 0.717) is 5.70 Å². The van der Waals surface area contributed by atoms with Gasteiger partial charge in [0.2, 0.25) is 0 Å². The standard InChI is InChI=1S/C11H12N2OS2/c1-7-5-4-6-13-8(11(15-2)16-3)10(14)12-9(7)13/h4-6H,1-3H3. The number of amidine groups is 1. The molecule has 84 valence electrons. The lowest BCUT2D eigenvalue weighted by Gasteiger charge is -2.21. The van der Waals surface area contributed by atoms with Crippen molar-refractivity contribution < 1.29 is 4.79 Å². The number of aliphatic imine (C=N–C) groups is 1. The van der Waals surface area contributed by atoms with Gasteiger partial charge in [0.15, 0.2) is 0 Å². The first-order valence-corrected chi connectivity index (χ1v) is 7.24. The van der Waals surface area contributed by atoms with Crippen molar-refractivity contribution >= 4 is 35.3 Å². The van der Waals surface area contributed by atoms with Gasteiger partial charge < -0.3 is 0 Å². The third-order valence-electron chi connectivity index (χ3n) is 2.38. The highest BCUT2D eigenvalue weighted by Crippen LogP contribution is 2.34. The molecular formula is C11H12N2OS2. The zero-order chi connectivity index (χ0) is 11.7. The second-order valence-electron chi connectivity index (χ2n) is 3.35. The van der Waals surface area contributed by atoms with E-state index in [1.54, 1.807) is 23.5 Å². The molecule has 3 nitrogen and oxygen atoms in total. The van der Waals surface area contributed by atoms with E-state index < -0.39 is 0 Å². The van der Waals surface area contributed by atoms with Crippen molar-refractivity contribution in [3.63, 3.8) is 0 Å². The quantitative estimate of drug-likeness (QED) is 0.707. The molecule has 0 aliphatic carbocycles. The number of carbonyl (C=O) groups is 1. The summed E-state index contributed by atoms with van der Waals surface area (Å²) in [6.45, 7) is 1.96. The fraction of sp³-hybridized carbons (Fsp3) is 0.273. The lowest BCUT2D eigenvalue weighted by Crippen LogP contribution is -2.24. The van der Waals surface area contributed by atoms with Crippen LogP contribution in [0.1, 0.15) is 6.92 Å². The number of nitrogens with zero attached hydrogens (tertiary/aromatic N) is 2. The summed E-state index contributed by atoms with van der Waals surface area (Å²) in [5.74, 6) is 0.608. The van der Waals surface area contributed by atoms with Gasteiger partial charge in [-0.25, -0.2) is 0 Å². The van der Waals surface area contributed by atoms with E-state index in [9.17, 15) is 4.79 Å². The number of hydrogen-bond donors (Lipinski definition) is 0. The Labute approximate surface area is 103 Å². The van der Waals surface area contributed by atoms with Gasteiger partial charge in [-0.15, -0.1) is 23.5 Å². The number of carbonyl (C=O) groups excluding carboxylic acids is 1. The average molecular weight is 252 g/mol. The van der Waals surface area contributed by atoms with E-state index in [0.717, 1.165) is 15.6 Å². The summed E-state index contributed by atoms with van der Waals surface area (Å²) in [6, 6.07) is 0. The molecule has 0 N–H and O–H groups in total. The van der Waals surface area contributed by atoms with Crippen molar-refractivity contribution in [1.82, 2.24) is 4.90 Å². The van der Waals surface area contributed by atoms with Gasteiger partial charge in [-0.05, 0) is 31.1 Å². The molecule has 2 rings (SSSR count). The zero-order valence-electron chi connectivity index (χ0n) is 9.35. The third-order valence-corrected chi connectivity index (χ3v) is 4.51. The first-order chi connectivity index (χ1) is 7.69. The van der Waals surface area contributed by atoms with E-state index in [-0.39, 0.29) is 5.91 Å². The Morgan fingerprint density at radius 1 is 1.38 bits per heavy atom. The summed E-state index contributed by atoms with van der Waals surface area (Å²) in [5, 5.41) is 0. The molecule has 0 radical (unpaired) electrons. The van der Waals surface area contributed by atoms with Crippen LogP contribution in [0.25, 0.3) is 0 Å². The number of amides is 1. The molecule has 0 unspecified atom stereocenters.